The highest BCUT2D eigenvalue weighted by Crippen LogP contribution is 2.32. The van der Waals surface area contributed by atoms with E-state index in [2.05, 4.69) is 11.1 Å². The minimum atomic E-state index is -0.397. The molecule has 1 N–H and O–H groups in total. The van der Waals surface area contributed by atoms with E-state index in [1.54, 1.807) is 9.80 Å². The maximum atomic E-state index is 13.1. The molecule has 0 spiro atoms. The first-order valence-corrected chi connectivity index (χ1v) is 8.91. The second-order valence-corrected chi connectivity index (χ2v) is 7.05. The van der Waals surface area contributed by atoms with Crippen molar-refractivity contribution in [2.75, 3.05) is 6.54 Å². The van der Waals surface area contributed by atoms with Gasteiger partial charge in [0.2, 0.25) is 11.8 Å². The van der Waals surface area contributed by atoms with E-state index in [1.807, 2.05) is 48.5 Å². The predicted octanol–water partition coefficient (Wildman–Crippen LogP) is 2.46. The summed E-state index contributed by atoms with van der Waals surface area (Å²) in [7, 11) is 0. The fourth-order valence-corrected chi connectivity index (χ4v) is 4.17. The molecular formula is C21H19N3O2. The normalized spacial score (nSPS) is 19.6. The molecule has 5 rings (SSSR count). The largest absolute Gasteiger partial charge is 0.357 e. The van der Waals surface area contributed by atoms with Crippen molar-refractivity contribution in [2.45, 2.75) is 25.6 Å². The van der Waals surface area contributed by atoms with Gasteiger partial charge in [-0.15, -0.1) is 0 Å². The average Bonchev–Trinajstić information content (AvgIpc) is 3.03. The molecule has 3 aromatic rings. The second-order valence-electron chi connectivity index (χ2n) is 7.05. The number of nitrogens with one attached hydrogen (secondary N) is 1. The molecule has 130 valence electrons. The molecule has 2 aromatic carbocycles. The third-order valence-corrected chi connectivity index (χ3v) is 5.46. The van der Waals surface area contributed by atoms with Crippen LogP contribution < -0.4 is 0 Å². The predicted molar refractivity (Wildman–Crippen MR) is 98.2 cm³/mol. The van der Waals surface area contributed by atoms with Gasteiger partial charge in [-0.1, -0.05) is 48.5 Å². The van der Waals surface area contributed by atoms with Gasteiger partial charge in [0.05, 0.1) is 6.54 Å². The lowest BCUT2D eigenvalue weighted by Gasteiger charge is -2.42. The maximum Gasteiger partial charge on any atom is 0.246 e. The summed E-state index contributed by atoms with van der Waals surface area (Å²) in [6, 6.07) is 17.6. The number of carbonyl (C=O) groups is 2. The average molecular weight is 345 g/mol. The Morgan fingerprint density at radius 3 is 2.58 bits per heavy atom. The Hall–Kier alpha value is -3.08. The molecule has 5 nitrogen and oxygen atoms in total. The number of aromatic nitrogens is 1. The Kier molecular flexibility index (Phi) is 3.35. The van der Waals surface area contributed by atoms with Crippen LogP contribution in [-0.2, 0) is 29.1 Å². The van der Waals surface area contributed by atoms with Crippen LogP contribution in [0.2, 0.25) is 0 Å². The number of hydrogen-bond donors (Lipinski definition) is 1. The van der Waals surface area contributed by atoms with Crippen LogP contribution in [0.15, 0.2) is 54.6 Å². The Bertz CT molecular complexity index is 1010. The van der Waals surface area contributed by atoms with Crippen molar-refractivity contribution in [1.82, 2.24) is 14.8 Å². The molecule has 0 bridgehead atoms. The van der Waals surface area contributed by atoms with Gasteiger partial charge in [-0.3, -0.25) is 9.59 Å². The van der Waals surface area contributed by atoms with Crippen LogP contribution in [0.25, 0.3) is 10.9 Å². The van der Waals surface area contributed by atoms with Crippen LogP contribution in [0, 0.1) is 0 Å². The summed E-state index contributed by atoms with van der Waals surface area (Å²) in [5, 5.41) is 1.16. The van der Waals surface area contributed by atoms with E-state index in [0.717, 1.165) is 22.2 Å². The van der Waals surface area contributed by atoms with Crippen molar-refractivity contribution < 1.29 is 9.59 Å². The number of rotatable bonds is 2. The molecule has 0 radical (unpaired) electrons. The van der Waals surface area contributed by atoms with Crippen LogP contribution >= 0.6 is 0 Å². The number of nitrogens with zero attached hydrogens (tertiary/aromatic N) is 2. The van der Waals surface area contributed by atoms with E-state index in [1.165, 1.54) is 5.56 Å². The van der Waals surface area contributed by atoms with E-state index in [0.29, 0.717) is 19.5 Å². The summed E-state index contributed by atoms with van der Waals surface area (Å²) in [5.74, 6) is 0.0687. The summed E-state index contributed by atoms with van der Waals surface area (Å²) >= 11 is 0. The third-order valence-electron chi connectivity index (χ3n) is 5.46. The van der Waals surface area contributed by atoms with Crippen molar-refractivity contribution in [1.29, 1.82) is 0 Å². The highest BCUT2D eigenvalue weighted by Gasteiger charge is 2.42. The lowest BCUT2D eigenvalue weighted by Crippen LogP contribution is -2.61. The fourth-order valence-electron chi connectivity index (χ4n) is 4.17. The van der Waals surface area contributed by atoms with Gasteiger partial charge in [0.25, 0.3) is 0 Å². The number of aromatic amines is 1. The minimum absolute atomic E-state index is 0.0230. The Labute approximate surface area is 151 Å². The third kappa shape index (κ3) is 2.31. The first-order chi connectivity index (χ1) is 12.7. The van der Waals surface area contributed by atoms with Crippen molar-refractivity contribution in [3.8, 4) is 0 Å². The molecule has 3 heterocycles. The van der Waals surface area contributed by atoms with Gasteiger partial charge in [0.1, 0.15) is 12.6 Å². The lowest BCUT2D eigenvalue weighted by atomic mass is 9.93. The number of fused-ring (bicyclic) bond motifs is 4. The monoisotopic (exact) mass is 345 g/mol. The zero-order valence-electron chi connectivity index (χ0n) is 14.3. The lowest BCUT2D eigenvalue weighted by molar-refractivity contribution is -0.157. The number of hydrogen-bond acceptors (Lipinski definition) is 2. The summed E-state index contributed by atoms with van der Waals surface area (Å²) < 4.78 is 0. The van der Waals surface area contributed by atoms with Crippen LogP contribution in [0.5, 0.6) is 0 Å². The van der Waals surface area contributed by atoms with E-state index >= 15 is 0 Å². The van der Waals surface area contributed by atoms with Crippen LogP contribution in [-0.4, -0.2) is 39.2 Å². The molecule has 1 saturated heterocycles. The number of amides is 2. The van der Waals surface area contributed by atoms with Gasteiger partial charge in [-0.05, 0) is 17.2 Å². The summed E-state index contributed by atoms with van der Waals surface area (Å²) in [5.41, 5.74) is 4.34. The topological polar surface area (TPSA) is 56.4 Å². The number of carbonyl (C=O) groups excluding carboxylic acids is 2. The van der Waals surface area contributed by atoms with E-state index in [4.69, 9.17) is 0 Å². The zero-order chi connectivity index (χ0) is 17.7. The first kappa shape index (κ1) is 15.2. The summed E-state index contributed by atoms with van der Waals surface area (Å²) in [6.45, 7) is 1.12. The van der Waals surface area contributed by atoms with Crippen LogP contribution in [0.3, 0.4) is 0 Å². The standard InChI is InChI=1S/C21H19N3O2/c25-20-13-23(11-14-6-2-1-3-7-14)21(26)19-10-16-15-8-4-5-9-17(15)22-18(16)12-24(19)20/h1-9,19,22H,10-13H2. The van der Waals surface area contributed by atoms with E-state index < -0.39 is 6.04 Å². The quantitative estimate of drug-likeness (QED) is 0.776. The maximum absolute atomic E-state index is 13.1. The highest BCUT2D eigenvalue weighted by atomic mass is 16.2. The molecule has 2 amide bonds. The van der Waals surface area contributed by atoms with E-state index in [-0.39, 0.29) is 18.4 Å². The first-order valence-electron chi connectivity index (χ1n) is 8.91. The molecule has 1 fully saturated rings. The molecule has 26 heavy (non-hydrogen) atoms. The summed E-state index contributed by atoms with van der Waals surface area (Å²) in [4.78, 5) is 32.7. The van der Waals surface area contributed by atoms with Gasteiger partial charge in [0.15, 0.2) is 0 Å². The second kappa shape index (κ2) is 5.73. The molecule has 1 unspecified atom stereocenters. The number of piperazine rings is 1. The van der Waals surface area contributed by atoms with Gasteiger partial charge >= 0.3 is 0 Å². The highest BCUT2D eigenvalue weighted by molar-refractivity contribution is 5.96. The van der Waals surface area contributed by atoms with Gasteiger partial charge < -0.3 is 14.8 Å². The molecule has 1 aromatic heterocycles. The van der Waals surface area contributed by atoms with E-state index in [9.17, 15) is 9.59 Å². The minimum Gasteiger partial charge on any atom is -0.357 e. The number of benzene rings is 2. The number of H-pyrrole nitrogens is 1. The Balaban J connectivity index is 1.48. The molecule has 2 aliphatic rings. The fraction of sp³-hybridized carbons (Fsp3) is 0.238. The molecule has 5 heteroatoms. The van der Waals surface area contributed by atoms with Gasteiger partial charge in [-0.25, -0.2) is 0 Å². The van der Waals surface area contributed by atoms with Gasteiger partial charge in [-0.2, -0.15) is 0 Å². The molecule has 2 aliphatic heterocycles. The zero-order valence-corrected chi connectivity index (χ0v) is 14.3. The molecule has 0 saturated carbocycles. The van der Waals surface area contributed by atoms with Gasteiger partial charge in [0, 0.05) is 29.6 Å². The van der Waals surface area contributed by atoms with Crippen molar-refractivity contribution in [3.05, 3.63) is 71.4 Å². The molecular weight excluding hydrogens is 326 g/mol. The van der Waals surface area contributed by atoms with Crippen LogP contribution in [0.1, 0.15) is 16.8 Å². The SMILES string of the molecule is O=C1C2Cc3c([nH]c4ccccc34)CN2C(=O)CN1Cc1ccccc1. The Morgan fingerprint density at radius 2 is 1.73 bits per heavy atom. The van der Waals surface area contributed by atoms with Crippen molar-refractivity contribution in [3.63, 3.8) is 0 Å². The Morgan fingerprint density at radius 1 is 0.962 bits per heavy atom. The van der Waals surface area contributed by atoms with Crippen LogP contribution in [0.4, 0.5) is 0 Å². The van der Waals surface area contributed by atoms with Crippen molar-refractivity contribution in [2.24, 2.45) is 0 Å². The smallest absolute Gasteiger partial charge is 0.246 e. The molecule has 0 aliphatic carbocycles. The molecule has 1 atom stereocenters. The number of para-hydroxylation sites is 1. The van der Waals surface area contributed by atoms with Crippen molar-refractivity contribution >= 4 is 22.7 Å². The summed E-state index contributed by atoms with van der Waals surface area (Å²) in [6.07, 6.45) is 0.579.